The van der Waals surface area contributed by atoms with Crippen molar-refractivity contribution in [3.8, 4) is 11.3 Å². The van der Waals surface area contributed by atoms with Crippen molar-refractivity contribution in [3.05, 3.63) is 58.5 Å². The number of nitrogens with zero attached hydrogens (tertiary/aromatic N) is 3. The first-order valence-corrected chi connectivity index (χ1v) is 9.04. The zero-order chi connectivity index (χ0) is 17.2. The summed E-state index contributed by atoms with van der Waals surface area (Å²) in [5.41, 5.74) is 4.13. The Hall–Kier alpha value is -2.11. The summed E-state index contributed by atoms with van der Waals surface area (Å²) >= 11 is 6.38. The van der Waals surface area contributed by atoms with Crippen LogP contribution in [0.2, 0.25) is 5.02 Å². The lowest BCUT2D eigenvalue weighted by Crippen LogP contribution is -2.33. The first kappa shape index (κ1) is 16.4. The maximum Gasteiger partial charge on any atom is 0.170 e. The lowest BCUT2D eigenvalue weighted by molar-refractivity contribution is 0.137. The number of likely N-dealkylation sites (tertiary alicyclic amines) is 1. The Labute approximate surface area is 152 Å². The van der Waals surface area contributed by atoms with E-state index >= 15 is 0 Å². The lowest BCUT2D eigenvalue weighted by atomic mass is 9.95. The molecule has 0 spiro atoms. The number of H-pyrrole nitrogens is 1. The van der Waals surface area contributed by atoms with Crippen LogP contribution >= 0.6 is 11.6 Å². The predicted octanol–water partition coefficient (Wildman–Crippen LogP) is 4.75. The molecule has 1 fully saturated rings. The Kier molecular flexibility index (Phi) is 4.59. The molecule has 1 saturated heterocycles. The smallest absolute Gasteiger partial charge is 0.170 e. The van der Waals surface area contributed by atoms with E-state index in [0.717, 1.165) is 52.8 Å². The highest BCUT2D eigenvalue weighted by molar-refractivity contribution is 6.31. The molecule has 3 heterocycles. The number of hydrogen-bond donors (Lipinski definition) is 1. The number of aryl methyl sites for hydroxylation is 1. The molecule has 3 aromatic rings. The first-order valence-electron chi connectivity index (χ1n) is 8.67. The van der Waals surface area contributed by atoms with Gasteiger partial charge in [-0.25, -0.2) is 0 Å². The SMILES string of the molecule is Cc1cc(-c2cn[nH]c2[C@@H]2CCCCN2Cc2ccccc2Cl)on1. The Morgan fingerprint density at radius 1 is 1.32 bits per heavy atom. The molecule has 1 atom stereocenters. The number of halogens is 1. The van der Waals surface area contributed by atoms with Gasteiger partial charge in [-0.05, 0) is 37.9 Å². The maximum atomic E-state index is 6.38. The van der Waals surface area contributed by atoms with Gasteiger partial charge < -0.3 is 4.52 Å². The summed E-state index contributed by atoms with van der Waals surface area (Å²) < 4.78 is 5.46. The van der Waals surface area contributed by atoms with Crippen molar-refractivity contribution in [2.75, 3.05) is 6.54 Å². The van der Waals surface area contributed by atoms with Gasteiger partial charge in [0.25, 0.3) is 0 Å². The van der Waals surface area contributed by atoms with Crippen molar-refractivity contribution >= 4 is 11.6 Å². The zero-order valence-corrected chi connectivity index (χ0v) is 15.0. The molecule has 0 aliphatic carbocycles. The van der Waals surface area contributed by atoms with Crippen molar-refractivity contribution in [2.45, 2.75) is 38.8 Å². The largest absolute Gasteiger partial charge is 0.356 e. The molecule has 1 aromatic carbocycles. The molecule has 1 aliphatic heterocycles. The normalized spacial score (nSPS) is 18.6. The second-order valence-electron chi connectivity index (χ2n) is 6.60. The fourth-order valence-electron chi connectivity index (χ4n) is 3.59. The van der Waals surface area contributed by atoms with Crippen molar-refractivity contribution in [2.24, 2.45) is 0 Å². The van der Waals surface area contributed by atoms with Gasteiger partial charge in [0, 0.05) is 17.6 Å². The highest BCUT2D eigenvalue weighted by atomic mass is 35.5. The molecule has 6 heteroatoms. The molecule has 25 heavy (non-hydrogen) atoms. The molecule has 1 N–H and O–H groups in total. The van der Waals surface area contributed by atoms with Crippen LogP contribution in [0, 0.1) is 6.92 Å². The number of aromatic nitrogens is 3. The number of benzene rings is 1. The van der Waals surface area contributed by atoms with E-state index < -0.39 is 0 Å². The minimum Gasteiger partial charge on any atom is -0.356 e. The van der Waals surface area contributed by atoms with Crippen LogP contribution in [-0.2, 0) is 6.54 Å². The molecular formula is C19H21ClN4O. The maximum absolute atomic E-state index is 6.38. The molecule has 5 nitrogen and oxygen atoms in total. The van der Waals surface area contributed by atoms with Crippen LogP contribution in [-0.4, -0.2) is 26.8 Å². The molecule has 130 valence electrons. The van der Waals surface area contributed by atoms with E-state index in [1.54, 1.807) is 0 Å². The summed E-state index contributed by atoms with van der Waals surface area (Å²) in [5.74, 6) is 0.768. The number of piperidine rings is 1. The molecule has 2 aromatic heterocycles. The second kappa shape index (κ2) is 7.02. The van der Waals surface area contributed by atoms with Gasteiger partial charge in [-0.2, -0.15) is 5.10 Å². The van der Waals surface area contributed by atoms with Gasteiger partial charge >= 0.3 is 0 Å². The lowest BCUT2D eigenvalue weighted by Gasteiger charge is -2.35. The van der Waals surface area contributed by atoms with Crippen molar-refractivity contribution < 1.29 is 4.52 Å². The first-order chi connectivity index (χ1) is 12.2. The highest BCUT2D eigenvalue weighted by Crippen LogP contribution is 2.37. The average Bonchev–Trinajstić information content (AvgIpc) is 3.26. The fraction of sp³-hybridized carbons (Fsp3) is 0.368. The Morgan fingerprint density at radius 2 is 2.20 bits per heavy atom. The third kappa shape index (κ3) is 3.34. The Bertz CT molecular complexity index is 856. The van der Waals surface area contributed by atoms with Crippen molar-refractivity contribution in [1.82, 2.24) is 20.3 Å². The van der Waals surface area contributed by atoms with E-state index in [-0.39, 0.29) is 6.04 Å². The standard InChI is InChI=1S/C19H21ClN4O/c1-13-10-18(25-23-13)15-11-21-22-19(15)17-8-4-5-9-24(17)12-14-6-2-3-7-16(14)20/h2-3,6-7,10-11,17H,4-5,8-9,12H2,1H3,(H,21,22)/t17-/m0/s1. The molecule has 0 saturated carbocycles. The zero-order valence-electron chi connectivity index (χ0n) is 14.2. The molecule has 1 aliphatic rings. The van der Waals surface area contributed by atoms with Gasteiger partial charge in [-0.3, -0.25) is 10.00 Å². The van der Waals surface area contributed by atoms with Crippen LogP contribution in [0.15, 0.2) is 41.1 Å². The van der Waals surface area contributed by atoms with E-state index in [2.05, 4.69) is 26.3 Å². The topological polar surface area (TPSA) is 58.0 Å². The summed E-state index contributed by atoms with van der Waals surface area (Å²) in [6, 6.07) is 10.3. The molecule has 0 unspecified atom stereocenters. The summed E-state index contributed by atoms with van der Waals surface area (Å²) in [5, 5.41) is 12.3. The van der Waals surface area contributed by atoms with Crippen LogP contribution in [0.4, 0.5) is 0 Å². The number of hydrogen-bond acceptors (Lipinski definition) is 4. The number of rotatable bonds is 4. The molecular weight excluding hydrogens is 336 g/mol. The monoisotopic (exact) mass is 356 g/mol. The van der Waals surface area contributed by atoms with Gasteiger partial charge in [0.1, 0.15) is 0 Å². The minimum atomic E-state index is 0.271. The van der Waals surface area contributed by atoms with E-state index in [0.29, 0.717) is 0 Å². The van der Waals surface area contributed by atoms with Crippen LogP contribution in [0.3, 0.4) is 0 Å². The van der Waals surface area contributed by atoms with Crippen LogP contribution in [0.1, 0.15) is 42.3 Å². The van der Waals surface area contributed by atoms with Gasteiger partial charge in [0.05, 0.1) is 29.2 Å². The van der Waals surface area contributed by atoms with Gasteiger partial charge in [0.15, 0.2) is 5.76 Å². The quantitative estimate of drug-likeness (QED) is 0.732. The van der Waals surface area contributed by atoms with E-state index in [9.17, 15) is 0 Å². The average molecular weight is 357 g/mol. The summed E-state index contributed by atoms with van der Waals surface area (Å²) in [4.78, 5) is 2.48. The van der Waals surface area contributed by atoms with E-state index in [1.165, 1.54) is 12.8 Å². The summed E-state index contributed by atoms with van der Waals surface area (Å²) in [6.45, 7) is 3.80. The van der Waals surface area contributed by atoms with Gasteiger partial charge in [0.2, 0.25) is 0 Å². The molecule has 0 radical (unpaired) electrons. The second-order valence-corrected chi connectivity index (χ2v) is 7.01. The number of aromatic amines is 1. The van der Waals surface area contributed by atoms with Crippen molar-refractivity contribution in [1.29, 1.82) is 0 Å². The number of nitrogens with one attached hydrogen (secondary N) is 1. The molecule has 4 rings (SSSR count). The minimum absolute atomic E-state index is 0.271. The Morgan fingerprint density at radius 3 is 3.00 bits per heavy atom. The van der Waals surface area contributed by atoms with Gasteiger partial charge in [-0.1, -0.05) is 41.4 Å². The van der Waals surface area contributed by atoms with Crippen LogP contribution in [0.25, 0.3) is 11.3 Å². The predicted molar refractivity (Wildman–Crippen MR) is 97.3 cm³/mol. The fourth-order valence-corrected chi connectivity index (χ4v) is 3.79. The third-order valence-corrected chi connectivity index (χ3v) is 5.21. The summed E-state index contributed by atoms with van der Waals surface area (Å²) in [6.07, 6.45) is 5.33. The van der Waals surface area contributed by atoms with E-state index in [1.807, 2.05) is 37.4 Å². The van der Waals surface area contributed by atoms with Crippen LogP contribution in [0.5, 0.6) is 0 Å². The summed E-state index contributed by atoms with van der Waals surface area (Å²) in [7, 11) is 0. The van der Waals surface area contributed by atoms with Crippen molar-refractivity contribution in [3.63, 3.8) is 0 Å². The van der Waals surface area contributed by atoms with Gasteiger partial charge in [-0.15, -0.1) is 0 Å². The molecule has 0 amide bonds. The third-order valence-electron chi connectivity index (χ3n) is 4.84. The Balaban J connectivity index is 1.64. The van der Waals surface area contributed by atoms with E-state index in [4.69, 9.17) is 16.1 Å². The van der Waals surface area contributed by atoms with Crippen LogP contribution < -0.4 is 0 Å². The highest BCUT2D eigenvalue weighted by Gasteiger charge is 2.29. The molecule has 0 bridgehead atoms.